The molecule has 0 spiro atoms. The fraction of sp³-hybridized carbons (Fsp3) is 0.280. The Kier molecular flexibility index (Phi) is 7.13. The van der Waals surface area contributed by atoms with Crippen molar-refractivity contribution in [1.82, 2.24) is 4.98 Å². The van der Waals surface area contributed by atoms with Gasteiger partial charge in [0.1, 0.15) is 27.5 Å². The molecule has 0 N–H and O–H groups in total. The number of benzene rings is 2. The van der Waals surface area contributed by atoms with Crippen LogP contribution in [0.2, 0.25) is 0 Å². The molecule has 35 heavy (non-hydrogen) atoms. The van der Waals surface area contributed by atoms with E-state index in [1.54, 1.807) is 87.8 Å². The summed E-state index contributed by atoms with van der Waals surface area (Å²) < 4.78 is 42.0. The largest absolute Gasteiger partial charge is 0.495 e. The van der Waals surface area contributed by atoms with Gasteiger partial charge in [0.2, 0.25) is 5.91 Å². The SMILES string of the molecule is COc1ccc(OC)c2sc(N(Cc3ccco3)C(=O)Cc3ccc(S(=O)(=O)C(C)C)cc3)nc12. The topological polar surface area (TPSA) is 98.9 Å². The zero-order chi connectivity index (χ0) is 25.2. The van der Waals surface area contributed by atoms with Crippen molar-refractivity contribution in [1.29, 1.82) is 0 Å². The summed E-state index contributed by atoms with van der Waals surface area (Å²) in [6.07, 6.45) is 1.61. The molecule has 1 amide bonds. The van der Waals surface area contributed by atoms with Gasteiger partial charge in [-0.1, -0.05) is 23.5 Å². The number of thiazole rings is 1. The number of furan rings is 1. The van der Waals surface area contributed by atoms with E-state index in [0.717, 1.165) is 4.70 Å². The highest BCUT2D eigenvalue weighted by atomic mass is 32.2. The van der Waals surface area contributed by atoms with Crippen LogP contribution in [-0.4, -0.2) is 38.8 Å². The van der Waals surface area contributed by atoms with Crippen LogP contribution in [0.4, 0.5) is 5.13 Å². The van der Waals surface area contributed by atoms with Gasteiger partial charge in [-0.25, -0.2) is 13.4 Å². The van der Waals surface area contributed by atoms with Gasteiger partial charge in [-0.2, -0.15) is 0 Å². The van der Waals surface area contributed by atoms with E-state index in [-0.39, 0.29) is 23.8 Å². The van der Waals surface area contributed by atoms with Gasteiger partial charge in [-0.05, 0) is 55.8 Å². The fourth-order valence-electron chi connectivity index (χ4n) is 3.55. The standard InChI is InChI=1S/C25H26N2O6S2/c1-16(2)35(29,30)19-9-7-17(8-10-19)14-22(28)27(15-18-6-5-13-33-18)25-26-23-20(31-3)11-12-21(32-4)24(23)34-25/h5-13,16H,14-15H2,1-4H3. The van der Waals surface area contributed by atoms with E-state index >= 15 is 0 Å². The molecule has 0 bridgehead atoms. The van der Waals surface area contributed by atoms with Crippen LogP contribution < -0.4 is 14.4 Å². The zero-order valence-corrected chi connectivity index (χ0v) is 21.5. The van der Waals surface area contributed by atoms with E-state index < -0.39 is 15.1 Å². The molecular formula is C25H26N2O6S2. The number of aromatic nitrogens is 1. The number of fused-ring (bicyclic) bond motifs is 1. The first kappa shape index (κ1) is 24.7. The number of ether oxygens (including phenoxy) is 2. The first-order valence-corrected chi connectivity index (χ1v) is 13.3. The van der Waals surface area contributed by atoms with Crippen molar-refractivity contribution in [3.8, 4) is 11.5 Å². The molecule has 0 aliphatic heterocycles. The highest BCUT2D eigenvalue weighted by molar-refractivity contribution is 7.92. The molecule has 2 heterocycles. The Hall–Kier alpha value is -3.37. The lowest BCUT2D eigenvalue weighted by molar-refractivity contribution is -0.118. The maximum atomic E-state index is 13.5. The normalized spacial score (nSPS) is 11.7. The lowest BCUT2D eigenvalue weighted by atomic mass is 10.1. The minimum Gasteiger partial charge on any atom is -0.495 e. The molecule has 0 unspecified atom stereocenters. The highest BCUT2D eigenvalue weighted by Crippen LogP contribution is 2.40. The van der Waals surface area contributed by atoms with Crippen LogP contribution in [-0.2, 0) is 27.6 Å². The fourth-order valence-corrected chi connectivity index (χ4v) is 5.70. The predicted octanol–water partition coefficient (Wildman–Crippen LogP) is 4.86. The number of anilines is 1. The molecular weight excluding hydrogens is 488 g/mol. The second-order valence-electron chi connectivity index (χ2n) is 8.12. The molecule has 0 aliphatic carbocycles. The smallest absolute Gasteiger partial charge is 0.233 e. The number of sulfone groups is 1. The highest BCUT2D eigenvalue weighted by Gasteiger charge is 2.24. The van der Waals surface area contributed by atoms with Crippen LogP contribution in [0, 0.1) is 0 Å². The molecule has 0 radical (unpaired) electrons. The van der Waals surface area contributed by atoms with Gasteiger partial charge in [-0.3, -0.25) is 9.69 Å². The van der Waals surface area contributed by atoms with Crippen molar-refractivity contribution in [2.45, 2.75) is 37.0 Å². The molecule has 0 saturated heterocycles. The van der Waals surface area contributed by atoms with Gasteiger partial charge in [0.25, 0.3) is 0 Å². The van der Waals surface area contributed by atoms with Crippen LogP contribution in [0.5, 0.6) is 11.5 Å². The molecule has 8 nitrogen and oxygen atoms in total. The number of nitrogens with zero attached hydrogens (tertiary/aromatic N) is 2. The number of amides is 1. The number of rotatable bonds is 9. The summed E-state index contributed by atoms with van der Waals surface area (Å²) in [7, 11) is -0.240. The molecule has 2 aromatic heterocycles. The van der Waals surface area contributed by atoms with E-state index in [4.69, 9.17) is 18.9 Å². The van der Waals surface area contributed by atoms with Crippen molar-refractivity contribution in [3.05, 3.63) is 66.1 Å². The number of carbonyl (C=O) groups is 1. The number of hydrogen-bond acceptors (Lipinski definition) is 8. The molecule has 4 aromatic rings. The molecule has 2 aromatic carbocycles. The van der Waals surface area contributed by atoms with Gasteiger partial charge in [-0.15, -0.1) is 0 Å². The second-order valence-corrected chi connectivity index (χ2v) is 11.6. The molecule has 0 aliphatic rings. The monoisotopic (exact) mass is 514 g/mol. The summed E-state index contributed by atoms with van der Waals surface area (Å²) in [6.45, 7) is 3.47. The minimum atomic E-state index is -3.38. The maximum absolute atomic E-state index is 13.5. The van der Waals surface area contributed by atoms with Gasteiger partial charge < -0.3 is 13.9 Å². The molecule has 0 fully saturated rings. The third-order valence-corrected chi connectivity index (χ3v) is 8.82. The quantitative estimate of drug-likeness (QED) is 0.314. The van der Waals surface area contributed by atoms with E-state index in [9.17, 15) is 13.2 Å². The molecule has 0 atom stereocenters. The third kappa shape index (κ3) is 5.03. The molecule has 4 rings (SSSR count). The van der Waals surface area contributed by atoms with Crippen molar-refractivity contribution in [2.24, 2.45) is 0 Å². The zero-order valence-electron chi connectivity index (χ0n) is 19.8. The number of methoxy groups -OCH3 is 2. The molecule has 10 heteroatoms. The Labute approximate surface area is 208 Å². The first-order chi connectivity index (χ1) is 16.7. The lowest BCUT2D eigenvalue weighted by Gasteiger charge is -2.19. The Bertz CT molecular complexity index is 1380. The van der Waals surface area contributed by atoms with Crippen molar-refractivity contribution in [2.75, 3.05) is 19.1 Å². The van der Waals surface area contributed by atoms with Gasteiger partial charge in [0.15, 0.2) is 15.0 Å². The Morgan fingerprint density at radius 2 is 1.74 bits per heavy atom. The van der Waals surface area contributed by atoms with Crippen LogP contribution in [0.15, 0.2) is 64.1 Å². The van der Waals surface area contributed by atoms with Crippen LogP contribution >= 0.6 is 11.3 Å². The average molecular weight is 515 g/mol. The van der Waals surface area contributed by atoms with Crippen molar-refractivity contribution >= 4 is 42.4 Å². The lowest BCUT2D eigenvalue weighted by Crippen LogP contribution is -2.31. The van der Waals surface area contributed by atoms with E-state index in [0.29, 0.717) is 33.5 Å². The van der Waals surface area contributed by atoms with E-state index in [1.165, 1.54) is 11.3 Å². The summed E-state index contributed by atoms with van der Waals surface area (Å²) in [6, 6.07) is 13.6. The number of hydrogen-bond donors (Lipinski definition) is 0. The predicted molar refractivity (Wildman–Crippen MR) is 135 cm³/mol. The Morgan fingerprint density at radius 1 is 1.06 bits per heavy atom. The van der Waals surface area contributed by atoms with Crippen LogP contribution in [0.3, 0.4) is 0 Å². The van der Waals surface area contributed by atoms with Crippen LogP contribution in [0.25, 0.3) is 10.2 Å². The van der Waals surface area contributed by atoms with E-state index in [1.807, 2.05) is 0 Å². The van der Waals surface area contributed by atoms with Gasteiger partial charge >= 0.3 is 0 Å². The van der Waals surface area contributed by atoms with Gasteiger partial charge in [0.05, 0.1) is 43.6 Å². The summed E-state index contributed by atoms with van der Waals surface area (Å²) >= 11 is 1.32. The third-order valence-electron chi connectivity index (χ3n) is 5.55. The Morgan fingerprint density at radius 3 is 2.34 bits per heavy atom. The molecule has 184 valence electrons. The van der Waals surface area contributed by atoms with Crippen LogP contribution in [0.1, 0.15) is 25.2 Å². The first-order valence-electron chi connectivity index (χ1n) is 10.9. The van der Waals surface area contributed by atoms with Gasteiger partial charge in [0, 0.05) is 0 Å². The summed E-state index contributed by atoms with van der Waals surface area (Å²) in [5, 5.41) is -0.0463. The average Bonchev–Trinajstić information content (AvgIpc) is 3.52. The van der Waals surface area contributed by atoms with Crippen molar-refractivity contribution in [3.63, 3.8) is 0 Å². The van der Waals surface area contributed by atoms with E-state index in [2.05, 4.69) is 0 Å². The Balaban J connectivity index is 1.68. The summed E-state index contributed by atoms with van der Waals surface area (Å²) in [5.41, 5.74) is 1.30. The minimum absolute atomic E-state index is 0.0624. The maximum Gasteiger partial charge on any atom is 0.233 e. The number of carbonyl (C=O) groups excluding carboxylic acids is 1. The summed E-state index contributed by atoms with van der Waals surface area (Å²) in [5.74, 6) is 1.61. The molecule has 0 saturated carbocycles. The summed E-state index contributed by atoms with van der Waals surface area (Å²) in [4.78, 5) is 20.0. The van der Waals surface area contributed by atoms with Crippen molar-refractivity contribution < 1.29 is 27.1 Å². The second kappa shape index (κ2) is 10.1.